The number of likely N-dealkylation sites (tertiary alicyclic amines) is 1. The van der Waals surface area contributed by atoms with E-state index in [9.17, 15) is 4.79 Å². The smallest absolute Gasteiger partial charge is 0.230 e. The van der Waals surface area contributed by atoms with E-state index in [2.05, 4.69) is 37.0 Å². The van der Waals surface area contributed by atoms with E-state index < -0.39 is 0 Å². The van der Waals surface area contributed by atoms with E-state index in [0.717, 1.165) is 25.2 Å². The molecule has 1 N–H and O–H groups in total. The number of anilines is 1. The van der Waals surface area contributed by atoms with E-state index in [1.54, 1.807) is 6.20 Å². The van der Waals surface area contributed by atoms with Gasteiger partial charge in [-0.2, -0.15) is 5.10 Å². The Bertz CT molecular complexity index is 1010. The van der Waals surface area contributed by atoms with Crippen molar-refractivity contribution in [2.75, 3.05) is 18.4 Å². The van der Waals surface area contributed by atoms with E-state index in [1.165, 1.54) is 16.9 Å². The third-order valence-electron chi connectivity index (χ3n) is 5.16. The molecule has 0 spiro atoms. The molecule has 1 aliphatic heterocycles. The molecule has 3 heterocycles. The second-order valence-electron chi connectivity index (χ2n) is 7.29. The van der Waals surface area contributed by atoms with Crippen molar-refractivity contribution in [3.05, 3.63) is 58.1 Å². The SMILES string of the molecule is Cc1nn(CN2CCCC(C(=O)Nc3nccs3)C2)c(=S)n1Cc1ccccc1. The summed E-state index contributed by atoms with van der Waals surface area (Å²) in [6.45, 7) is 4.93. The number of hydrogen-bond donors (Lipinski definition) is 1. The van der Waals surface area contributed by atoms with Gasteiger partial charge >= 0.3 is 0 Å². The fourth-order valence-electron chi connectivity index (χ4n) is 3.67. The Balaban J connectivity index is 1.41. The molecule has 0 bridgehead atoms. The quantitative estimate of drug-likeness (QED) is 0.609. The van der Waals surface area contributed by atoms with Crippen molar-refractivity contribution in [1.82, 2.24) is 24.2 Å². The van der Waals surface area contributed by atoms with Gasteiger partial charge in [0, 0.05) is 18.1 Å². The number of amides is 1. The van der Waals surface area contributed by atoms with Crippen molar-refractivity contribution < 1.29 is 4.79 Å². The summed E-state index contributed by atoms with van der Waals surface area (Å²) in [7, 11) is 0. The normalized spacial score (nSPS) is 17.3. The summed E-state index contributed by atoms with van der Waals surface area (Å²) in [5, 5.41) is 10.1. The maximum absolute atomic E-state index is 12.6. The molecular formula is C20H24N6OS2. The third kappa shape index (κ3) is 4.80. The lowest BCUT2D eigenvalue weighted by atomic mass is 9.97. The third-order valence-corrected chi connectivity index (χ3v) is 6.28. The highest BCUT2D eigenvalue weighted by Gasteiger charge is 2.27. The predicted octanol–water partition coefficient (Wildman–Crippen LogP) is 3.54. The van der Waals surface area contributed by atoms with E-state index in [1.807, 2.05) is 35.2 Å². The van der Waals surface area contributed by atoms with Crippen LogP contribution in [0.1, 0.15) is 24.2 Å². The van der Waals surface area contributed by atoms with Gasteiger partial charge in [0.2, 0.25) is 5.91 Å². The molecular weight excluding hydrogens is 404 g/mol. The van der Waals surface area contributed by atoms with Crippen LogP contribution in [0.2, 0.25) is 0 Å². The molecule has 7 nitrogen and oxygen atoms in total. The lowest BCUT2D eigenvalue weighted by molar-refractivity contribution is -0.121. The fourth-order valence-corrected chi connectivity index (χ4v) is 4.50. The Kier molecular flexibility index (Phi) is 6.17. The summed E-state index contributed by atoms with van der Waals surface area (Å²) in [4.78, 5) is 19.0. The number of carbonyl (C=O) groups excluding carboxylic acids is 1. The van der Waals surface area contributed by atoms with Gasteiger partial charge in [-0.1, -0.05) is 30.3 Å². The predicted molar refractivity (Wildman–Crippen MR) is 116 cm³/mol. The maximum atomic E-state index is 12.6. The van der Waals surface area contributed by atoms with Crippen LogP contribution in [-0.2, 0) is 18.0 Å². The summed E-state index contributed by atoms with van der Waals surface area (Å²) in [6.07, 6.45) is 3.57. The number of benzene rings is 1. The number of hydrogen-bond acceptors (Lipinski definition) is 6. The standard InChI is InChI=1S/C20H24N6OS2/c1-15-23-26(20(28)25(15)12-16-6-3-2-4-7-16)14-24-10-5-8-17(13-24)18(27)22-19-21-9-11-29-19/h2-4,6-7,9,11,17H,5,8,10,12-14H2,1H3,(H,21,22,27). The van der Waals surface area contributed by atoms with Crippen LogP contribution in [0.4, 0.5) is 5.13 Å². The number of aromatic nitrogens is 4. The molecule has 1 fully saturated rings. The monoisotopic (exact) mass is 428 g/mol. The molecule has 1 unspecified atom stereocenters. The van der Waals surface area contributed by atoms with Crippen molar-refractivity contribution in [2.45, 2.75) is 33.0 Å². The summed E-state index contributed by atoms with van der Waals surface area (Å²) in [5.41, 5.74) is 1.20. The number of aryl methyl sites for hydroxylation is 1. The molecule has 29 heavy (non-hydrogen) atoms. The van der Waals surface area contributed by atoms with Gasteiger partial charge in [0.25, 0.3) is 0 Å². The zero-order valence-electron chi connectivity index (χ0n) is 16.3. The first-order valence-corrected chi connectivity index (χ1v) is 11.0. The maximum Gasteiger partial charge on any atom is 0.230 e. The molecule has 9 heteroatoms. The van der Waals surface area contributed by atoms with Crippen LogP contribution in [0.3, 0.4) is 0 Å². The molecule has 0 saturated carbocycles. The van der Waals surface area contributed by atoms with Crippen LogP contribution in [0, 0.1) is 17.6 Å². The van der Waals surface area contributed by atoms with Crippen LogP contribution in [0.25, 0.3) is 0 Å². The second-order valence-corrected chi connectivity index (χ2v) is 8.54. The number of nitrogens with zero attached hydrogens (tertiary/aromatic N) is 5. The number of thiazole rings is 1. The van der Waals surface area contributed by atoms with Crippen LogP contribution in [0.15, 0.2) is 41.9 Å². The van der Waals surface area contributed by atoms with Crippen molar-refractivity contribution in [2.24, 2.45) is 5.92 Å². The minimum Gasteiger partial charge on any atom is -0.302 e. The van der Waals surface area contributed by atoms with Crippen LogP contribution in [0.5, 0.6) is 0 Å². The molecule has 1 amide bonds. The molecule has 1 aromatic carbocycles. The Morgan fingerprint density at radius 1 is 1.34 bits per heavy atom. The number of nitrogens with one attached hydrogen (secondary N) is 1. The van der Waals surface area contributed by atoms with E-state index in [-0.39, 0.29) is 11.8 Å². The molecule has 0 aliphatic carbocycles. The van der Waals surface area contributed by atoms with Crippen LogP contribution < -0.4 is 5.32 Å². The van der Waals surface area contributed by atoms with Gasteiger partial charge in [-0.3, -0.25) is 14.3 Å². The minimum absolute atomic E-state index is 0.0408. The van der Waals surface area contributed by atoms with E-state index >= 15 is 0 Å². The van der Waals surface area contributed by atoms with Gasteiger partial charge in [-0.05, 0) is 44.1 Å². The topological polar surface area (TPSA) is 68.0 Å². The molecule has 3 aromatic rings. The van der Waals surface area contributed by atoms with Gasteiger partial charge in [0.05, 0.1) is 19.1 Å². The first-order valence-electron chi connectivity index (χ1n) is 9.71. The van der Waals surface area contributed by atoms with E-state index in [4.69, 9.17) is 12.2 Å². The van der Waals surface area contributed by atoms with Crippen molar-refractivity contribution in [3.63, 3.8) is 0 Å². The lowest BCUT2D eigenvalue weighted by Crippen LogP contribution is -2.41. The molecule has 1 aliphatic rings. The average molecular weight is 429 g/mol. The molecule has 1 saturated heterocycles. The molecule has 152 valence electrons. The lowest BCUT2D eigenvalue weighted by Gasteiger charge is -2.31. The molecule has 4 rings (SSSR count). The zero-order valence-corrected chi connectivity index (χ0v) is 18.0. The second kappa shape index (κ2) is 8.98. The number of rotatable bonds is 6. The Morgan fingerprint density at radius 2 is 2.17 bits per heavy atom. The summed E-state index contributed by atoms with van der Waals surface area (Å²) in [5.74, 6) is 0.891. The summed E-state index contributed by atoms with van der Waals surface area (Å²) >= 11 is 7.13. The van der Waals surface area contributed by atoms with Gasteiger partial charge in [-0.15, -0.1) is 11.3 Å². The molecule has 2 aromatic heterocycles. The fraction of sp³-hybridized carbons (Fsp3) is 0.400. The average Bonchev–Trinajstić information content (AvgIpc) is 3.33. The van der Waals surface area contributed by atoms with Gasteiger partial charge in [0.1, 0.15) is 5.82 Å². The zero-order chi connectivity index (χ0) is 20.2. The first kappa shape index (κ1) is 19.9. The highest BCUT2D eigenvalue weighted by Crippen LogP contribution is 2.20. The van der Waals surface area contributed by atoms with Gasteiger partial charge in [0.15, 0.2) is 9.90 Å². The Labute approximate surface area is 179 Å². The minimum atomic E-state index is -0.0469. The largest absolute Gasteiger partial charge is 0.302 e. The van der Waals surface area contributed by atoms with Crippen molar-refractivity contribution in [3.8, 4) is 0 Å². The van der Waals surface area contributed by atoms with Gasteiger partial charge in [-0.25, -0.2) is 9.67 Å². The Hall–Kier alpha value is -2.36. The summed E-state index contributed by atoms with van der Waals surface area (Å²) < 4.78 is 4.64. The van der Waals surface area contributed by atoms with Crippen LogP contribution in [-0.4, -0.2) is 43.2 Å². The summed E-state index contributed by atoms with van der Waals surface area (Å²) in [6, 6.07) is 10.3. The van der Waals surface area contributed by atoms with Crippen LogP contribution >= 0.6 is 23.6 Å². The van der Waals surface area contributed by atoms with Crippen molar-refractivity contribution in [1.29, 1.82) is 0 Å². The van der Waals surface area contributed by atoms with Crippen molar-refractivity contribution >= 4 is 34.6 Å². The highest BCUT2D eigenvalue weighted by molar-refractivity contribution is 7.71. The Morgan fingerprint density at radius 3 is 2.93 bits per heavy atom. The molecule has 0 radical (unpaired) electrons. The highest BCUT2D eigenvalue weighted by atomic mass is 32.1. The number of carbonyl (C=O) groups is 1. The van der Waals surface area contributed by atoms with Gasteiger partial charge < -0.3 is 5.32 Å². The first-order chi connectivity index (χ1) is 14.1. The number of piperidine rings is 1. The molecule has 1 atom stereocenters. The van der Waals surface area contributed by atoms with E-state index in [0.29, 0.717) is 29.7 Å².